The maximum Gasteiger partial charge on any atom is 0.184 e. The van der Waals surface area contributed by atoms with Crippen molar-refractivity contribution in [2.45, 2.75) is 30.3 Å². The van der Waals surface area contributed by atoms with Gasteiger partial charge in [0.05, 0.1) is 0 Å². The number of hydrogen-bond donors (Lipinski definition) is 0. The summed E-state index contributed by atoms with van der Waals surface area (Å²) in [4.78, 5) is 0. The predicted molar refractivity (Wildman–Crippen MR) is 39.9 cm³/mol. The van der Waals surface area contributed by atoms with Crippen molar-refractivity contribution >= 4 is 30.8 Å². The van der Waals surface area contributed by atoms with E-state index in [0.717, 1.165) is 6.42 Å². The average Bonchev–Trinajstić information content (AvgIpc) is 1.77. The molecule has 0 bridgehead atoms. The van der Waals surface area contributed by atoms with Gasteiger partial charge in [0.2, 0.25) is 0 Å². The van der Waals surface area contributed by atoms with Gasteiger partial charge >= 0.3 is 0 Å². The summed E-state index contributed by atoms with van der Waals surface area (Å²) in [6, 6.07) is 1.21. The van der Waals surface area contributed by atoms with E-state index in [1.165, 1.54) is 18.9 Å². The minimum atomic E-state index is -0.633. The summed E-state index contributed by atoms with van der Waals surface area (Å²) >= 11 is 11.8. The van der Waals surface area contributed by atoms with E-state index in [0.29, 0.717) is 5.00 Å². The van der Waals surface area contributed by atoms with Gasteiger partial charge in [0, 0.05) is 5.00 Å². The summed E-state index contributed by atoms with van der Waals surface area (Å²) in [7, 11) is -0.633. The molecule has 1 aliphatic rings. The van der Waals surface area contributed by atoms with Crippen molar-refractivity contribution in [2.24, 2.45) is 0 Å². The second-order valence-corrected chi connectivity index (χ2v) is 6.60. The minimum absolute atomic E-state index is 0.343. The van der Waals surface area contributed by atoms with Crippen LogP contribution in [-0.2, 0) is 0 Å². The van der Waals surface area contributed by atoms with Crippen LogP contribution in [0.25, 0.3) is 0 Å². The zero-order valence-corrected chi connectivity index (χ0v) is 7.17. The lowest BCUT2D eigenvalue weighted by atomic mass is 10.3. The molecule has 3 heteroatoms. The minimum Gasteiger partial charge on any atom is -0.167 e. The van der Waals surface area contributed by atoms with Gasteiger partial charge in [0.25, 0.3) is 0 Å². The van der Waals surface area contributed by atoms with Crippen molar-refractivity contribution < 1.29 is 0 Å². The van der Waals surface area contributed by atoms with Crippen LogP contribution >= 0.6 is 22.7 Å². The molecule has 1 atom stereocenters. The molecule has 1 aliphatic heterocycles. The molecule has 8 heavy (non-hydrogen) atoms. The first-order chi connectivity index (χ1) is 3.80. The molecular weight excluding hydrogens is 159 g/mol. The van der Waals surface area contributed by atoms with Crippen molar-refractivity contribution in [1.82, 2.24) is 0 Å². The Labute approximate surface area is 61.5 Å². The van der Waals surface area contributed by atoms with Crippen LogP contribution in [0.15, 0.2) is 0 Å². The molecule has 0 aromatic heterocycles. The van der Waals surface area contributed by atoms with Gasteiger partial charge in [-0.25, -0.2) is 0 Å². The molecule has 0 saturated carbocycles. The summed E-state index contributed by atoms with van der Waals surface area (Å²) in [5.41, 5.74) is 0. The van der Waals surface area contributed by atoms with E-state index in [-0.39, 0.29) is 0 Å². The molecule has 1 saturated heterocycles. The Kier molecular flexibility index (Phi) is 2.67. The highest BCUT2D eigenvalue weighted by molar-refractivity contribution is 7.10. The Balaban J connectivity index is 2.28. The van der Waals surface area contributed by atoms with Crippen LogP contribution in [0.5, 0.6) is 0 Å². The molecule has 1 rings (SSSR count). The van der Waals surface area contributed by atoms with Crippen LogP contribution in [0.3, 0.4) is 0 Å². The second kappa shape index (κ2) is 3.09. The van der Waals surface area contributed by atoms with E-state index in [1.807, 2.05) is 0 Å². The third-order valence-electron chi connectivity index (χ3n) is 1.46. The Morgan fingerprint density at radius 1 is 1.38 bits per heavy atom. The zero-order chi connectivity index (χ0) is 5.98. The molecule has 0 nitrogen and oxygen atoms in total. The Morgan fingerprint density at radius 2 is 2.12 bits per heavy atom. The van der Waals surface area contributed by atoms with E-state index in [9.17, 15) is 0 Å². The fourth-order valence-corrected chi connectivity index (χ4v) is 3.56. The van der Waals surface area contributed by atoms with Crippen LogP contribution in [0.1, 0.15) is 19.3 Å². The Bertz CT molecular complexity index is 66.8. The zero-order valence-electron chi connectivity index (χ0n) is 4.66. The molecule has 0 aliphatic carbocycles. The van der Waals surface area contributed by atoms with Gasteiger partial charge in [-0.05, 0) is 12.5 Å². The number of hydrogen-bond acceptors (Lipinski definition) is 0. The van der Waals surface area contributed by atoms with E-state index in [1.54, 1.807) is 0 Å². The van der Waals surface area contributed by atoms with Crippen LogP contribution in [0.2, 0.25) is 6.04 Å². The van der Waals surface area contributed by atoms with Crippen molar-refractivity contribution in [3.63, 3.8) is 0 Å². The van der Waals surface area contributed by atoms with E-state index in [2.05, 4.69) is 0 Å². The summed E-state index contributed by atoms with van der Waals surface area (Å²) in [5, 5.41) is 0.343. The molecule has 0 spiro atoms. The van der Waals surface area contributed by atoms with Crippen LogP contribution in [0.4, 0.5) is 0 Å². The fourth-order valence-electron chi connectivity index (χ4n) is 0.931. The maximum absolute atomic E-state index is 5.94. The Morgan fingerprint density at radius 3 is 2.50 bits per heavy atom. The molecule has 1 fully saturated rings. The highest BCUT2D eigenvalue weighted by Gasteiger charge is 2.22. The first-order valence-electron chi connectivity index (χ1n) is 2.96. The quantitative estimate of drug-likeness (QED) is 0.296. The summed E-state index contributed by atoms with van der Waals surface area (Å²) in [6.07, 6.45) is 3.75. The molecule has 0 aromatic carbocycles. The molecule has 0 aromatic rings. The first kappa shape index (κ1) is 6.91. The lowest BCUT2D eigenvalue weighted by Gasteiger charge is -2.18. The van der Waals surface area contributed by atoms with Gasteiger partial charge in [0.1, 0.15) is 0 Å². The first-order valence-corrected chi connectivity index (χ1v) is 6.19. The monoisotopic (exact) mass is 167 g/mol. The average molecular weight is 168 g/mol. The third kappa shape index (κ3) is 1.64. The number of halogens is 2. The molecule has 0 amide bonds. The molecule has 1 heterocycles. The van der Waals surface area contributed by atoms with Gasteiger partial charge in [0.15, 0.2) is 8.11 Å². The van der Waals surface area contributed by atoms with E-state index >= 15 is 0 Å². The standard InChI is InChI=1S/C5H9Cl2Si/c6-5-3-1-2-4-8(5)7/h5H,1-4H2. The second-order valence-electron chi connectivity index (χ2n) is 2.16. The fraction of sp³-hybridized carbons (Fsp3) is 1.00. The van der Waals surface area contributed by atoms with Crippen molar-refractivity contribution in [3.05, 3.63) is 0 Å². The molecule has 1 radical (unpaired) electrons. The SMILES string of the molecule is ClC1CCCC[Si]1Cl. The van der Waals surface area contributed by atoms with Crippen molar-refractivity contribution in [1.29, 1.82) is 0 Å². The smallest absolute Gasteiger partial charge is 0.167 e. The third-order valence-corrected chi connectivity index (χ3v) is 5.96. The molecule has 0 N–H and O–H groups in total. The lowest BCUT2D eigenvalue weighted by molar-refractivity contribution is 0.713. The van der Waals surface area contributed by atoms with Crippen LogP contribution < -0.4 is 0 Å². The van der Waals surface area contributed by atoms with Gasteiger partial charge in [-0.15, -0.1) is 11.6 Å². The largest absolute Gasteiger partial charge is 0.184 e. The summed E-state index contributed by atoms with van der Waals surface area (Å²) in [6.45, 7) is 0. The van der Waals surface area contributed by atoms with Gasteiger partial charge in [-0.2, -0.15) is 11.1 Å². The number of alkyl halides is 1. The summed E-state index contributed by atoms with van der Waals surface area (Å²) in [5.74, 6) is 0. The highest BCUT2D eigenvalue weighted by atomic mass is 35.6. The van der Waals surface area contributed by atoms with E-state index in [4.69, 9.17) is 22.7 Å². The van der Waals surface area contributed by atoms with Crippen LogP contribution in [0, 0.1) is 0 Å². The van der Waals surface area contributed by atoms with Crippen LogP contribution in [-0.4, -0.2) is 13.1 Å². The van der Waals surface area contributed by atoms with Gasteiger partial charge in [-0.1, -0.05) is 12.8 Å². The van der Waals surface area contributed by atoms with Crippen molar-refractivity contribution in [2.75, 3.05) is 0 Å². The lowest BCUT2D eigenvalue weighted by Crippen LogP contribution is -2.23. The molecule has 1 unspecified atom stereocenters. The highest BCUT2D eigenvalue weighted by Crippen LogP contribution is 2.24. The topological polar surface area (TPSA) is 0 Å². The summed E-state index contributed by atoms with van der Waals surface area (Å²) < 4.78 is 0. The number of rotatable bonds is 0. The predicted octanol–water partition coefficient (Wildman–Crippen LogP) is 2.55. The van der Waals surface area contributed by atoms with Gasteiger partial charge in [-0.3, -0.25) is 0 Å². The Hall–Kier alpha value is 0.797. The molecule has 47 valence electrons. The normalized spacial score (nSPS) is 33.0. The maximum atomic E-state index is 5.94. The van der Waals surface area contributed by atoms with Crippen molar-refractivity contribution in [3.8, 4) is 0 Å². The van der Waals surface area contributed by atoms with E-state index < -0.39 is 8.11 Å². The molecular formula is C5H9Cl2Si. The van der Waals surface area contributed by atoms with Gasteiger partial charge < -0.3 is 0 Å².